The summed E-state index contributed by atoms with van der Waals surface area (Å²) >= 11 is 4.87. The second kappa shape index (κ2) is 6.30. The smallest absolute Gasteiger partial charge is 0.134 e. The second-order valence-corrected chi connectivity index (χ2v) is 6.45. The highest BCUT2D eigenvalue weighted by Gasteiger charge is 2.08. The van der Waals surface area contributed by atoms with Crippen molar-refractivity contribution < 1.29 is 4.42 Å². The molecule has 2 aromatic heterocycles. The van der Waals surface area contributed by atoms with Crippen LogP contribution >= 0.6 is 27.3 Å². The van der Waals surface area contributed by atoms with Gasteiger partial charge in [-0.3, -0.25) is 0 Å². The zero-order valence-corrected chi connectivity index (χ0v) is 14.1. The summed E-state index contributed by atoms with van der Waals surface area (Å²) in [5.74, 6) is 1.41. The molecule has 0 unspecified atom stereocenters. The molecule has 1 aromatic carbocycles. The van der Waals surface area contributed by atoms with Gasteiger partial charge in [-0.25, -0.2) is 4.98 Å². The lowest BCUT2D eigenvalue weighted by Crippen LogP contribution is -1.80. The van der Waals surface area contributed by atoms with E-state index in [1.807, 2.05) is 48.7 Å². The van der Waals surface area contributed by atoms with E-state index in [0.717, 1.165) is 21.5 Å². The molecule has 2 heterocycles. The summed E-state index contributed by atoms with van der Waals surface area (Å²) in [5.41, 5.74) is 2.41. The molecule has 3 rings (SSSR count). The summed E-state index contributed by atoms with van der Waals surface area (Å²) in [5, 5.41) is 11.9. The fourth-order valence-electron chi connectivity index (χ4n) is 1.96. The fraction of sp³-hybridized carbons (Fsp3) is 0.0588. The molecule has 3 aromatic rings. The van der Waals surface area contributed by atoms with Crippen LogP contribution in [0.4, 0.5) is 0 Å². The van der Waals surface area contributed by atoms with Crippen molar-refractivity contribution in [3.8, 4) is 17.4 Å². The highest BCUT2D eigenvalue weighted by atomic mass is 79.9. The van der Waals surface area contributed by atoms with Crippen LogP contribution in [0, 0.1) is 18.3 Å². The first-order chi connectivity index (χ1) is 10.7. The molecule has 3 nitrogen and oxygen atoms in total. The summed E-state index contributed by atoms with van der Waals surface area (Å²) < 4.78 is 6.83. The summed E-state index contributed by atoms with van der Waals surface area (Å²) in [6.07, 6.45) is 1.72. The van der Waals surface area contributed by atoms with Gasteiger partial charge in [-0.05, 0) is 31.2 Å². The summed E-state index contributed by atoms with van der Waals surface area (Å²) in [4.78, 5) is 4.33. The van der Waals surface area contributed by atoms with Gasteiger partial charge in [0.15, 0.2) is 0 Å². The maximum Gasteiger partial charge on any atom is 0.134 e. The number of rotatable bonds is 3. The molecule has 0 amide bonds. The van der Waals surface area contributed by atoms with E-state index < -0.39 is 0 Å². The molecule has 5 heteroatoms. The van der Waals surface area contributed by atoms with Crippen molar-refractivity contribution in [1.82, 2.24) is 4.98 Å². The third-order valence-corrected chi connectivity index (χ3v) is 4.53. The fourth-order valence-corrected chi connectivity index (χ4v) is 2.99. The number of furan rings is 1. The van der Waals surface area contributed by atoms with E-state index in [2.05, 4.69) is 27.0 Å². The molecule has 0 radical (unpaired) electrons. The SMILES string of the molecule is Cc1csc(/C(C#N)=C/c2ccc(-c3ccc(Br)cc3)o2)n1. The first kappa shape index (κ1) is 14.8. The molecule has 0 aliphatic carbocycles. The van der Waals surface area contributed by atoms with Crippen LogP contribution in [-0.2, 0) is 0 Å². The lowest BCUT2D eigenvalue weighted by molar-refractivity contribution is 0.572. The lowest BCUT2D eigenvalue weighted by atomic mass is 10.2. The quantitative estimate of drug-likeness (QED) is 0.568. The maximum absolute atomic E-state index is 9.31. The van der Waals surface area contributed by atoms with Crippen molar-refractivity contribution in [3.05, 3.63) is 62.7 Å². The predicted molar refractivity (Wildman–Crippen MR) is 92.2 cm³/mol. The summed E-state index contributed by atoms with van der Waals surface area (Å²) in [6.45, 7) is 1.91. The Labute approximate surface area is 140 Å². The molecule has 0 saturated heterocycles. The summed E-state index contributed by atoms with van der Waals surface area (Å²) in [6, 6.07) is 13.8. The van der Waals surface area contributed by atoms with E-state index in [9.17, 15) is 5.26 Å². The van der Waals surface area contributed by atoms with Gasteiger partial charge in [0.1, 0.15) is 22.6 Å². The first-order valence-electron chi connectivity index (χ1n) is 6.56. The van der Waals surface area contributed by atoms with Gasteiger partial charge in [-0.1, -0.05) is 28.1 Å². The number of hydrogen-bond donors (Lipinski definition) is 0. The topological polar surface area (TPSA) is 49.8 Å². The highest BCUT2D eigenvalue weighted by Crippen LogP contribution is 2.27. The number of halogens is 1. The summed E-state index contributed by atoms with van der Waals surface area (Å²) in [7, 11) is 0. The van der Waals surface area contributed by atoms with Crippen molar-refractivity contribution in [2.24, 2.45) is 0 Å². The van der Waals surface area contributed by atoms with Crippen LogP contribution in [0.15, 0.2) is 50.7 Å². The molecular weight excluding hydrogens is 360 g/mol. The number of benzene rings is 1. The Morgan fingerprint density at radius 2 is 2.05 bits per heavy atom. The van der Waals surface area contributed by atoms with Crippen LogP contribution in [0.1, 0.15) is 16.5 Å². The van der Waals surface area contributed by atoms with E-state index in [-0.39, 0.29) is 0 Å². The molecule has 0 N–H and O–H groups in total. The largest absolute Gasteiger partial charge is 0.457 e. The van der Waals surface area contributed by atoms with Crippen molar-refractivity contribution in [2.75, 3.05) is 0 Å². The van der Waals surface area contributed by atoms with Crippen molar-refractivity contribution >= 4 is 38.9 Å². The Morgan fingerprint density at radius 3 is 2.68 bits per heavy atom. The van der Waals surface area contributed by atoms with Crippen LogP contribution in [0.25, 0.3) is 23.0 Å². The van der Waals surface area contributed by atoms with Gasteiger partial charge in [-0.15, -0.1) is 11.3 Å². The van der Waals surface area contributed by atoms with Crippen LogP contribution in [0.3, 0.4) is 0 Å². The molecule has 0 saturated carbocycles. The van der Waals surface area contributed by atoms with Gasteiger partial charge >= 0.3 is 0 Å². The lowest BCUT2D eigenvalue weighted by Gasteiger charge is -1.97. The standard InChI is InChI=1S/C17H11BrN2OS/c1-11-10-22-17(20-11)13(9-19)8-15-6-7-16(21-15)12-2-4-14(18)5-3-12/h2-8,10H,1H3/b13-8+. The van der Waals surface area contributed by atoms with Crippen molar-refractivity contribution in [2.45, 2.75) is 6.92 Å². The minimum absolute atomic E-state index is 0.509. The molecule has 0 fully saturated rings. The molecule has 0 aliphatic heterocycles. The van der Waals surface area contributed by atoms with Gasteiger partial charge in [0.25, 0.3) is 0 Å². The normalized spacial score (nSPS) is 11.4. The van der Waals surface area contributed by atoms with Crippen molar-refractivity contribution in [1.29, 1.82) is 5.26 Å². The first-order valence-corrected chi connectivity index (χ1v) is 8.23. The van der Waals surface area contributed by atoms with Gasteiger partial charge in [0.2, 0.25) is 0 Å². The number of thiazole rings is 1. The Kier molecular flexibility index (Phi) is 4.23. The number of hydrogen-bond acceptors (Lipinski definition) is 4. The Bertz CT molecular complexity index is 869. The Morgan fingerprint density at radius 1 is 1.27 bits per heavy atom. The minimum Gasteiger partial charge on any atom is -0.457 e. The molecule has 0 aliphatic rings. The minimum atomic E-state index is 0.509. The van der Waals surface area contributed by atoms with Crippen molar-refractivity contribution in [3.63, 3.8) is 0 Å². The molecule has 0 spiro atoms. The van der Waals surface area contributed by atoms with E-state index in [1.54, 1.807) is 6.08 Å². The Balaban J connectivity index is 1.91. The molecular formula is C17H11BrN2OS. The monoisotopic (exact) mass is 370 g/mol. The highest BCUT2D eigenvalue weighted by molar-refractivity contribution is 9.10. The van der Waals surface area contributed by atoms with Crippen LogP contribution < -0.4 is 0 Å². The zero-order chi connectivity index (χ0) is 15.5. The average molecular weight is 371 g/mol. The number of nitrogens with zero attached hydrogens (tertiary/aromatic N) is 2. The molecule has 0 bridgehead atoms. The third-order valence-electron chi connectivity index (χ3n) is 3.01. The van der Waals surface area contributed by atoms with Gasteiger partial charge in [-0.2, -0.15) is 5.26 Å². The molecule has 22 heavy (non-hydrogen) atoms. The van der Waals surface area contributed by atoms with Crippen LogP contribution in [-0.4, -0.2) is 4.98 Å². The number of nitriles is 1. The van der Waals surface area contributed by atoms with Gasteiger partial charge in [0.05, 0.1) is 5.57 Å². The number of allylic oxidation sites excluding steroid dienone is 1. The number of aryl methyl sites for hydroxylation is 1. The predicted octanol–water partition coefficient (Wildman–Crippen LogP) is 5.54. The van der Waals surface area contributed by atoms with Gasteiger partial charge in [0, 0.05) is 27.2 Å². The van der Waals surface area contributed by atoms with E-state index >= 15 is 0 Å². The van der Waals surface area contributed by atoms with Crippen LogP contribution in [0.5, 0.6) is 0 Å². The zero-order valence-electron chi connectivity index (χ0n) is 11.7. The third kappa shape index (κ3) is 3.19. The average Bonchev–Trinajstić information content (AvgIpc) is 3.15. The van der Waals surface area contributed by atoms with E-state index in [4.69, 9.17) is 4.42 Å². The molecule has 0 atom stereocenters. The Hall–Kier alpha value is -2.16. The van der Waals surface area contributed by atoms with Crippen LogP contribution in [0.2, 0.25) is 0 Å². The molecule has 108 valence electrons. The maximum atomic E-state index is 9.31. The second-order valence-electron chi connectivity index (χ2n) is 4.67. The van der Waals surface area contributed by atoms with E-state index in [0.29, 0.717) is 16.3 Å². The number of aromatic nitrogens is 1. The van der Waals surface area contributed by atoms with E-state index in [1.165, 1.54) is 11.3 Å². The van der Waals surface area contributed by atoms with Gasteiger partial charge < -0.3 is 4.42 Å².